The lowest BCUT2D eigenvalue weighted by atomic mass is 10.2. The van der Waals surface area contributed by atoms with Crippen molar-refractivity contribution in [3.05, 3.63) is 77.9 Å². The Kier molecular flexibility index (Phi) is 4.52. The van der Waals surface area contributed by atoms with Gasteiger partial charge in [-0.25, -0.2) is 4.68 Å². The SMILES string of the molecule is Cc1nn(-c2ccccc2)c(C)c1NC(=O)/C=C/c1cccnc1. The van der Waals surface area contributed by atoms with Gasteiger partial charge >= 0.3 is 0 Å². The molecule has 3 aromatic rings. The lowest BCUT2D eigenvalue weighted by Crippen LogP contribution is -2.09. The van der Waals surface area contributed by atoms with Crippen LogP contribution in [0.5, 0.6) is 0 Å². The van der Waals surface area contributed by atoms with Gasteiger partial charge < -0.3 is 5.32 Å². The van der Waals surface area contributed by atoms with Gasteiger partial charge in [-0.3, -0.25) is 9.78 Å². The molecule has 5 heteroatoms. The van der Waals surface area contributed by atoms with Crippen LogP contribution in [0.25, 0.3) is 11.8 Å². The Morgan fingerprint density at radius 1 is 1.12 bits per heavy atom. The fourth-order valence-electron chi connectivity index (χ4n) is 2.46. The lowest BCUT2D eigenvalue weighted by molar-refractivity contribution is -0.111. The number of hydrogen-bond donors (Lipinski definition) is 1. The first kappa shape index (κ1) is 15.7. The van der Waals surface area contributed by atoms with Gasteiger partial charge in [0.05, 0.1) is 22.8 Å². The van der Waals surface area contributed by atoms with Crippen LogP contribution in [0.4, 0.5) is 5.69 Å². The molecule has 3 rings (SSSR count). The Labute approximate surface area is 140 Å². The topological polar surface area (TPSA) is 59.8 Å². The van der Waals surface area contributed by atoms with Gasteiger partial charge in [0.1, 0.15) is 0 Å². The molecule has 0 unspecified atom stereocenters. The molecule has 0 fully saturated rings. The highest BCUT2D eigenvalue weighted by Crippen LogP contribution is 2.22. The summed E-state index contributed by atoms with van der Waals surface area (Å²) in [5.74, 6) is -0.197. The molecule has 2 heterocycles. The molecule has 1 aromatic carbocycles. The molecule has 0 bridgehead atoms. The van der Waals surface area contributed by atoms with E-state index in [9.17, 15) is 4.79 Å². The third-order valence-corrected chi connectivity index (χ3v) is 3.65. The van der Waals surface area contributed by atoms with Crippen LogP contribution in [0.15, 0.2) is 60.9 Å². The second kappa shape index (κ2) is 6.91. The third kappa shape index (κ3) is 3.41. The van der Waals surface area contributed by atoms with E-state index in [0.29, 0.717) is 0 Å². The van der Waals surface area contributed by atoms with E-state index in [4.69, 9.17) is 0 Å². The Morgan fingerprint density at radius 3 is 2.62 bits per heavy atom. The summed E-state index contributed by atoms with van der Waals surface area (Å²) >= 11 is 0. The maximum atomic E-state index is 12.2. The molecule has 0 atom stereocenters. The van der Waals surface area contributed by atoms with Gasteiger partial charge in [0.25, 0.3) is 0 Å². The summed E-state index contributed by atoms with van der Waals surface area (Å²) in [6.07, 6.45) is 6.63. The van der Waals surface area contributed by atoms with Crippen molar-refractivity contribution in [2.75, 3.05) is 5.32 Å². The predicted molar refractivity (Wildman–Crippen MR) is 94.9 cm³/mol. The van der Waals surface area contributed by atoms with E-state index < -0.39 is 0 Å². The van der Waals surface area contributed by atoms with Crippen LogP contribution in [0.1, 0.15) is 17.0 Å². The molecule has 120 valence electrons. The van der Waals surface area contributed by atoms with E-state index in [2.05, 4.69) is 15.4 Å². The zero-order valence-electron chi connectivity index (χ0n) is 13.6. The van der Waals surface area contributed by atoms with Crippen LogP contribution < -0.4 is 5.32 Å². The minimum absolute atomic E-state index is 0.197. The molecule has 0 aliphatic rings. The Hall–Kier alpha value is -3.21. The minimum Gasteiger partial charge on any atom is -0.319 e. The van der Waals surface area contributed by atoms with Gasteiger partial charge in [-0.1, -0.05) is 24.3 Å². The molecular weight excluding hydrogens is 300 g/mol. The molecule has 1 N–H and O–H groups in total. The maximum Gasteiger partial charge on any atom is 0.248 e. The van der Waals surface area contributed by atoms with E-state index in [0.717, 1.165) is 28.3 Å². The molecule has 0 spiro atoms. The monoisotopic (exact) mass is 318 g/mol. The molecule has 2 aromatic heterocycles. The third-order valence-electron chi connectivity index (χ3n) is 3.65. The highest BCUT2D eigenvalue weighted by molar-refractivity contribution is 6.02. The number of pyridine rings is 1. The summed E-state index contributed by atoms with van der Waals surface area (Å²) in [5.41, 5.74) is 4.24. The van der Waals surface area contributed by atoms with Crippen molar-refractivity contribution in [3.8, 4) is 5.69 Å². The number of carbonyl (C=O) groups is 1. The fraction of sp³-hybridized carbons (Fsp3) is 0.105. The largest absolute Gasteiger partial charge is 0.319 e. The molecule has 5 nitrogen and oxygen atoms in total. The van der Waals surface area contributed by atoms with Crippen molar-refractivity contribution < 1.29 is 4.79 Å². The molecule has 0 radical (unpaired) electrons. The van der Waals surface area contributed by atoms with Crippen LogP contribution in [-0.2, 0) is 4.79 Å². The number of benzene rings is 1. The predicted octanol–water partition coefficient (Wildman–Crippen LogP) is 3.54. The van der Waals surface area contributed by atoms with Gasteiger partial charge in [0, 0.05) is 18.5 Å². The average Bonchev–Trinajstić information content (AvgIpc) is 2.90. The second-order valence-corrected chi connectivity index (χ2v) is 5.40. The van der Waals surface area contributed by atoms with Crippen LogP contribution in [0.3, 0.4) is 0 Å². The Bertz CT molecular complexity index is 867. The summed E-state index contributed by atoms with van der Waals surface area (Å²) in [4.78, 5) is 16.2. The summed E-state index contributed by atoms with van der Waals surface area (Å²) in [6, 6.07) is 13.6. The van der Waals surface area contributed by atoms with E-state index in [1.807, 2.05) is 61.0 Å². The smallest absolute Gasteiger partial charge is 0.248 e. The van der Waals surface area contributed by atoms with Gasteiger partial charge in [-0.05, 0) is 43.7 Å². The van der Waals surface area contributed by atoms with Crippen molar-refractivity contribution in [1.29, 1.82) is 0 Å². The van der Waals surface area contributed by atoms with Crippen LogP contribution in [0.2, 0.25) is 0 Å². The molecule has 0 aliphatic carbocycles. The van der Waals surface area contributed by atoms with Crippen LogP contribution in [-0.4, -0.2) is 20.7 Å². The van der Waals surface area contributed by atoms with Gasteiger partial charge in [-0.2, -0.15) is 5.10 Å². The first-order valence-corrected chi connectivity index (χ1v) is 7.66. The number of hydrogen-bond acceptors (Lipinski definition) is 3. The summed E-state index contributed by atoms with van der Waals surface area (Å²) in [5, 5.41) is 7.43. The highest BCUT2D eigenvalue weighted by Gasteiger charge is 2.14. The van der Waals surface area contributed by atoms with Gasteiger partial charge in [0.2, 0.25) is 5.91 Å². The van der Waals surface area contributed by atoms with E-state index in [1.165, 1.54) is 6.08 Å². The van der Waals surface area contributed by atoms with Crippen LogP contribution >= 0.6 is 0 Å². The number of nitrogens with one attached hydrogen (secondary N) is 1. The number of para-hydroxylation sites is 1. The lowest BCUT2D eigenvalue weighted by Gasteiger charge is -2.05. The number of amides is 1. The molecule has 0 saturated heterocycles. The van der Waals surface area contributed by atoms with Crippen molar-refractivity contribution in [2.24, 2.45) is 0 Å². The zero-order valence-corrected chi connectivity index (χ0v) is 13.6. The van der Waals surface area contributed by atoms with E-state index in [1.54, 1.807) is 18.5 Å². The summed E-state index contributed by atoms with van der Waals surface area (Å²) in [6.45, 7) is 3.82. The maximum absolute atomic E-state index is 12.2. The molecule has 0 aliphatic heterocycles. The molecular formula is C19H18N4O. The quantitative estimate of drug-likeness (QED) is 0.749. The number of nitrogens with zero attached hydrogens (tertiary/aromatic N) is 3. The normalized spacial score (nSPS) is 10.9. The summed E-state index contributed by atoms with van der Waals surface area (Å²) in [7, 11) is 0. The summed E-state index contributed by atoms with van der Waals surface area (Å²) < 4.78 is 1.83. The van der Waals surface area contributed by atoms with Crippen molar-refractivity contribution in [2.45, 2.75) is 13.8 Å². The van der Waals surface area contributed by atoms with Gasteiger partial charge in [-0.15, -0.1) is 0 Å². The second-order valence-electron chi connectivity index (χ2n) is 5.40. The highest BCUT2D eigenvalue weighted by atomic mass is 16.1. The Balaban J connectivity index is 1.79. The number of rotatable bonds is 4. The van der Waals surface area contributed by atoms with Crippen molar-refractivity contribution in [1.82, 2.24) is 14.8 Å². The Morgan fingerprint density at radius 2 is 1.92 bits per heavy atom. The molecule has 1 amide bonds. The van der Waals surface area contributed by atoms with E-state index >= 15 is 0 Å². The van der Waals surface area contributed by atoms with Crippen molar-refractivity contribution >= 4 is 17.7 Å². The standard InChI is InChI=1S/C19H18N4O/c1-14-19(15(2)23(22-14)17-8-4-3-5-9-17)21-18(24)11-10-16-7-6-12-20-13-16/h3-13H,1-2H3,(H,21,24)/b11-10+. The van der Waals surface area contributed by atoms with E-state index in [-0.39, 0.29) is 5.91 Å². The van der Waals surface area contributed by atoms with Gasteiger partial charge in [0.15, 0.2) is 0 Å². The number of aryl methyl sites for hydroxylation is 1. The first-order valence-electron chi connectivity index (χ1n) is 7.66. The van der Waals surface area contributed by atoms with Crippen LogP contribution in [0, 0.1) is 13.8 Å². The number of anilines is 1. The molecule has 24 heavy (non-hydrogen) atoms. The van der Waals surface area contributed by atoms with Crippen molar-refractivity contribution in [3.63, 3.8) is 0 Å². The first-order chi connectivity index (χ1) is 11.6. The minimum atomic E-state index is -0.197. The number of aromatic nitrogens is 3. The molecule has 0 saturated carbocycles. The fourth-order valence-corrected chi connectivity index (χ4v) is 2.46. The zero-order chi connectivity index (χ0) is 16.9. The number of carbonyl (C=O) groups excluding carboxylic acids is 1. The average molecular weight is 318 g/mol.